The predicted molar refractivity (Wildman–Crippen MR) is 101 cm³/mol. The molecular formula is C18H19ClN2O5S. The van der Waals surface area contributed by atoms with Crippen LogP contribution in [-0.2, 0) is 19.4 Å². The molecule has 2 aromatic rings. The first-order valence-corrected chi connectivity index (χ1v) is 10.6. The van der Waals surface area contributed by atoms with Gasteiger partial charge in [-0.1, -0.05) is 29.8 Å². The molecule has 0 aliphatic carbocycles. The summed E-state index contributed by atoms with van der Waals surface area (Å²) < 4.78 is 28.6. The molecule has 1 aliphatic heterocycles. The number of nitrogens with zero attached hydrogens (tertiary/aromatic N) is 2. The number of hydrogen-bond acceptors (Lipinski definition) is 6. The molecule has 1 aliphatic rings. The topological polar surface area (TPSA) is 93.6 Å². The Kier molecular flexibility index (Phi) is 5.39. The second-order valence-corrected chi connectivity index (χ2v) is 9.18. The number of benzene rings is 1. The number of aromatic nitrogens is 1. The van der Waals surface area contributed by atoms with Crippen LogP contribution in [0.25, 0.3) is 10.9 Å². The summed E-state index contributed by atoms with van der Waals surface area (Å²) in [6.45, 7) is 1.46. The molecular weight excluding hydrogens is 392 g/mol. The molecule has 0 saturated carbocycles. The number of pyridine rings is 1. The number of carbonyl (C=O) groups excluding carboxylic acids is 2. The van der Waals surface area contributed by atoms with E-state index in [0.29, 0.717) is 17.3 Å². The summed E-state index contributed by atoms with van der Waals surface area (Å²) in [5.41, 5.74) is 0.764. The number of sulfone groups is 1. The lowest BCUT2D eigenvalue weighted by atomic mass is 10.1. The van der Waals surface area contributed by atoms with E-state index in [4.69, 9.17) is 16.3 Å². The van der Waals surface area contributed by atoms with Gasteiger partial charge in [0, 0.05) is 18.5 Å². The fourth-order valence-electron chi connectivity index (χ4n) is 3.13. The fourth-order valence-corrected chi connectivity index (χ4v) is 5.11. The zero-order valence-electron chi connectivity index (χ0n) is 14.9. The number of amides is 1. The summed E-state index contributed by atoms with van der Waals surface area (Å²) in [7, 11) is -1.59. The van der Waals surface area contributed by atoms with E-state index in [0.717, 1.165) is 0 Å². The average molecular weight is 411 g/mol. The molecule has 1 aromatic heterocycles. The normalized spacial score (nSPS) is 19.6. The molecule has 0 bridgehead atoms. The second kappa shape index (κ2) is 7.44. The van der Waals surface area contributed by atoms with E-state index < -0.39 is 33.9 Å². The van der Waals surface area contributed by atoms with Gasteiger partial charge in [0.1, 0.15) is 5.15 Å². The van der Waals surface area contributed by atoms with Crippen molar-refractivity contribution in [2.75, 3.05) is 18.6 Å². The van der Waals surface area contributed by atoms with Crippen molar-refractivity contribution in [1.29, 1.82) is 0 Å². The number of fused-ring (bicyclic) bond motifs is 1. The molecule has 144 valence electrons. The highest BCUT2D eigenvalue weighted by atomic mass is 35.5. The van der Waals surface area contributed by atoms with Crippen molar-refractivity contribution in [2.45, 2.75) is 25.5 Å². The Hall–Kier alpha value is -2.19. The monoisotopic (exact) mass is 410 g/mol. The number of likely N-dealkylation sites (N-methyl/N-ethyl adjacent to an activating group) is 1. The van der Waals surface area contributed by atoms with Crippen molar-refractivity contribution in [2.24, 2.45) is 0 Å². The molecule has 0 unspecified atom stereocenters. The van der Waals surface area contributed by atoms with E-state index in [1.54, 1.807) is 24.3 Å². The predicted octanol–water partition coefficient (Wildman–Crippen LogP) is 2.08. The van der Waals surface area contributed by atoms with E-state index in [9.17, 15) is 18.0 Å². The van der Waals surface area contributed by atoms with E-state index in [-0.39, 0.29) is 22.2 Å². The molecule has 27 heavy (non-hydrogen) atoms. The maximum atomic E-state index is 12.6. The maximum Gasteiger partial charge on any atom is 0.339 e. The average Bonchev–Trinajstić information content (AvgIpc) is 2.99. The smallest absolute Gasteiger partial charge is 0.339 e. The summed E-state index contributed by atoms with van der Waals surface area (Å²) in [6.07, 6.45) is -0.674. The molecule has 0 radical (unpaired) electrons. The summed E-state index contributed by atoms with van der Waals surface area (Å²) in [6, 6.07) is 7.98. The zero-order valence-corrected chi connectivity index (χ0v) is 16.5. The van der Waals surface area contributed by atoms with Crippen LogP contribution in [0.5, 0.6) is 0 Å². The first kappa shape index (κ1) is 19.6. The molecule has 1 amide bonds. The van der Waals surface area contributed by atoms with Gasteiger partial charge in [-0.15, -0.1) is 0 Å². The van der Waals surface area contributed by atoms with Crippen LogP contribution in [0.15, 0.2) is 30.3 Å². The van der Waals surface area contributed by atoms with E-state index in [1.807, 2.05) is 0 Å². The minimum Gasteiger partial charge on any atom is -0.449 e. The number of para-hydroxylation sites is 1. The maximum absolute atomic E-state index is 12.6. The molecule has 2 heterocycles. The molecule has 0 spiro atoms. The van der Waals surface area contributed by atoms with Crippen molar-refractivity contribution in [1.82, 2.24) is 9.88 Å². The van der Waals surface area contributed by atoms with Gasteiger partial charge in [0.05, 0.1) is 22.6 Å². The second-order valence-electron chi connectivity index (χ2n) is 6.56. The highest BCUT2D eigenvalue weighted by molar-refractivity contribution is 7.91. The van der Waals surface area contributed by atoms with Crippen LogP contribution < -0.4 is 0 Å². The van der Waals surface area contributed by atoms with Gasteiger partial charge in [0.2, 0.25) is 0 Å². The third kappa shape index (κ3) is 4.22. The zero-order chi connectivity index (χ0) is 19.8. The number of hydrogen-bond donors (Lipinski definition) is 0. The minimum atomic E-state index is -3.12. The van der Waals surface area contributed by atoms with Crippen molar-refractivity contribution in [3.8, 4) is 0 Å². The summed E-state index contributed by atoms with van der Waals surface area (Å²) >= 11 is 5.98. The Balaban J connectivity index is 1.75. The molecule has 1 fully saturated rings. The molecule has 3 rings (SSSR count). The van der Waals surface area contributed by atoms with Gasteiger partial charge >= 0.3 is 5.97 Å². The lowest BCUT2D eigenvalue weighted by molar-refractivity contribution is -0.140. The van der Waals surface area contributed by atoms with Crippen LogP contribution in [0.1, 0.15) is 23.7 Å². The van der Waals surface area contributed by atoms with Crippen LogP contribution in [-0.4, -0.2) is 60.9 Å². The van der Waals surface area contributed by atoms with E-state index in [1.165, 1.54) is 24.9 Å². The van der Waals surface area contributed by atoms with Gasteiger partial charge in [-0.05, 0) is 25.5 Å². The standard InChI is InChI=1S/C18H19ClN2O5S/c1-11(17(22)21(2)12-7-8-27(24,25)10-12)26-18(23)14-9-16(19)20-15-6-4-3-5-13(14)15/h3-6,9,11-12H,7-8,10H2,1-2H3/t11-,12-/m0/s1. The van der Waals surface area contributed by atoms with Crippen LogP contribution >= 0.6 is 11.6 Å². The van der Waals surface area contributed by atoms with Gasteiger partial charge in [0.25, 0.3) is 5.91 Å². The lowest BCUT2D eigenvalue weighted by Crippen LogP contribution is -2.44. The number of rotatable bonds is 4. The number of carbonyl (C=O) groups is 2. The largest absolute Gasteiger partial charge is 0.449 e. The van der Waals surface area contributed by atoms with Gasteiger partial charge in [-0.3, -0.25) is 4.79 Å². The Morgan fingerprint density at radius 3 is 2.70 bits per heavy atom. The van der Waals surface area contributed by atoms with Gasteiger partial charge in [0.15, 0.2) is 15.9 Å². The van der Waals surface area contributed by atoms with Crippen molar-refractivity contribution in [3.63, 3.8) is 0 Å². The Labute approximate surface area is 162 Å². The number of halogens is 1. The van der Waals surface area contributed by atoms with Crippen molar-refractivity contribution < 1.29 is 22.7 Å². The van der Waals surface area contributed by atoms with Gasteiger partial charge < -0.3 is 9.64 Å². The van der Waals surface area contributed by atoms with Crippen LogP contribution in [0.2, 0.25) is 5.15 Å². The SMILES string of the molecule is C[C@H](OC(=O)c1cc(Cl)nc2ccccc12)C(=O)N(C)[C@H]1CCS(=O)(=O)C1. The minimum absolute atomic E-state index is 0.0605. The third-order valence-electron chi connectivity index (χ3n) is 4.64. The summed E-state index contributed by atoms with van der Waals surface area (Å²) in [5, 5.41) is 0.717. The highest BCUT2D eigenvalue weighted by Gasteiger charge is 2.35. The summed E-state index contributed by atoms with van der Waals surface area (Å²) in [4.78, 5) is 30.7. The molecule has 9 heteroatoms. The molecule has 1 aromatic carbocycles. The first-order chi connectivity index (χ1) is 12.7. The number of esters is 1. The third-order valence-corrected chi connectivity index (χ3v) is 6.58. The molecule has 0 N–H and O–H groups in total. The lowest BCUT2D eigenvalue weighted by Gasteiger charge is -2.26. The van der Waals surface area contributed by atoms with Crippen molar-refractivity contribution in [3.05, 3.63) is 41.0 Å². The quantitative estimate of drug-likeness (QED) is 0.565. The van der Waals surface area contributed by atoms with Crippen molar-refractivity contribution >= 4 is 44.2 Å². The van der Waals surface area contributed by atoms with E-state index in [2.05, 4.69) is 4.98 Å². The van der Waals surface area contributed by atoms with Crippen LogP contribution in [0.3, 0.4) is 0 Å². The van der Waals surface area contributed by atoms with Gasteiger partial charge in [-0.25, -0.2) is 18.2 Å². The van der Waals surface area contributed by atoms with Gasteiger partial charge in [-0.2, -0.15) is 0 Å². The van der Waals surface area contributed by atoms with E-state index >= 15 is 0 Å². The molecule has 2 atom stereocenters. The Morgan fingerprint density at radius 1 is 1.33 bits per heavy atom. The highest BCUT2D eigenvalue weighted by Crippen LogP contribution is 2.23. The first-order valence-electron chi connectivity index (χ1n) is 8.41. The molecule has 7 nitrogen and oxygen atoms in total. The number of ether oxygens (including phenoxy) is 1. The fraction of sp³-hybridized carbons (Fsp3) is 0.389. The van der Waals surface area contributed by atoms with Crippen LogP contribution in [0.4, 0.5) is 0 Å². The Bertz CT molecular complexity index is 1010. The molecule has 1 saturated heterocycles. The van der Waals surface area contributed by atoms with Crippen LogP contribution in [0, 0.1) is 0 Å². The Morgan fingerprint density at radius 2 is 2.04 bits per heavy atom. The summed E-state index contributed by atoms with van der Waals surface area (Å²) in [5.74, 6) is -1.15.